The van der Waals surface area contributed by atoms with E-state index in [4.69, 9.17) is 4.74 Å². The molecule has 1 nitrogen and oxygen atoms in total. The van der Waals surface area contributed by atoms with Crippen molar-refractivity contribution in [1.29, 1.82) is 0 Å². The maximum Gasteiger partial charge on any atom is 0.0844 e. The molecule has 0 N–H and O–H groups in total. The number of hydrogen-bond donors (Lipinski definition) is 0. The van der Waals surface area contributed by atoms with Gasteiger partial charge in [-0.05, 0) is 18.8 Å². The zero-order valence-electron chi connectivity index (χ0n) is 10.1. The van der Waals surface area contributed by atoms with Gasteiger partial charge in [0.2, 0.25) is 0 Å². The van der Waals surface area contributed by atoms with Gasteiger partial charge in [0.15, 0.2) is 0 Å². The minimum absolute atomic E-state index is 0.621. The summed E-state index contributed by atoms with van der Waals surface area (Å²) in [5.41, 5.74) is 0. The van der Waals surface area contributed by atoms with E-state index in [1.807, 2.05) is 0 Å². The molecule has 3 unspecified atom stereocenters. The lowest BCUT2D eigenvalue weighted by Gasteiger charge is -2.12. The summed E-state index contributed by atoms with van der Waals surface area (Å²) in [6.07, 6.45) is 10.6. The number of epoxide rings is 1. The third-order valence-corrected chi connectivity index (χ3v) is 3.37. The van der Waals surface area contributed by atoms with Crippen molar-refractivity contribution in [3.05, 3.63) is 0 Å². The molecule has 14 heavy (non-hydrogen) atoms. The molecule has 1 aliphatic heterocycles. The fourth-order valence-electron chi connectivity index (χ4n) is 2.23. The van der Waals surface area contributed by atoms with Gasteiger partial charge in [-0.3, -0.25) is 0 Å². The predicted molar refractivity (Wildman–Crippen MR) is 61.5 cm³/mol. The van der Waals surface area contributed by atoms with E-state index < -0.39 is 0 Å². The third kappa shape index (κ3) is 4.00. The molecule has 0 aromatic carbocycles. The monoisotopic (exact) mass is 198 g/mol. The van der Waals surface area contributed by atoms with E-state index in [0.717, 1.165) is 5.92 Å². The zero-order chi connectivity index (χ0) is 10.4. The summed E-state index contributed by atoms with van der Waals surface area (Å²) in [6, 6.07) is 0. The van der Waals surface area contributed by atoms with Gasteiger partial charge < -0.3 is 4.74 Å². The van der Waals surface area contributed by atoms with E-state index in [1.54, 1.807) is 0 Å². The lowest BCUT2D eigenvalue weighted by molar-refractivity contribution is 0.317. The van der Waals surface area contributed by atoms with Crippen LogP contribution in [0.1, 0.15) is 65.7 Å². The standard InChI is InChI=1S/C13H26O/c1-4-7-9-11(6-3)10-13-12(14-13)8-5-2/h11-13H,4-10H2,1-3H3. The Morgan fingerprint density at radius 3 is 2.43 bits per heavy atom. The molecule has 0 amide bonds. The van der Waals surface area contributed by atoms with E-state index in [1.165, 1.54) is 44.9 Å². The molecule has 0 spiro atoms. The number of rotatable bonds is 8. The van der Waals surface area contributed by atoms with Gasteiger partial charge in [-0.2, -0.15) is 0 Å². The summed E-state index contributed by atoms with van der Waals surface area (Å²) < 4.78 is 5.67. The van der Waals surface area contributed by atoms with Crippen molar-refractivity contribution in [2.75, 3.05) is 0 Å². The molecule has 84 valence electrons. The quantitative estimate of drug-likeness (QED) is 0.533. The Balaban J connectivity index is 2.09. The summed E-state index contributed by atoms with van der Waals surface area (Å²) in [5.74, 6) is 0.918. The van der Waals surface area contributed by atoms with Crippen LogP contribution in [0.25, 0.3) is 0 Å². The SMILES string of the molecule is CCCCC(CC)CC1OC1CCC. The number of ether oxygens (including phenoxy) is 1. The van der Waals surface area contributed by atoms with Crippen LogP contribution in [-0.4, -0.2) is 12.2 Å². The van der Waals surface area contributed by atoms with Crippen LogP contribution < -0.4 is 0 Å². The van der Waals surface area contributed by atoms with Gasteiger partial charge in [0.05, 0.1) is 12.2 Å². The third-order valence-electron chi connectivity index (χ3n) is 3.37. The summed E-state index contributed by atoms with van der Waals surface area (Å²) in [7, 11) is 0. The Morgan fingerprint density at radius 1 is 1.07 bits per heavy atom. The van der Waals surface area contributed by atoms with E-state index >= 15 is 0 Å². The van der Waals surface area contributed by atoms with Crippen LogP contribution in [-0.2, 0) is 4.74 Å². The van der Waals surface area contributed by atoms with Crippen molar-refractivity contribution in [1.82, 2.24) is 0 Å². The minimum atomic E-state index is 0.621. The van der Waals surface area contributed by atoms with Crippen molar-refractivity contribution in [2.45, 2.75) is 77.9 Å². The van der Waals surface area contributed by atoms with Crippen LogP contribution >= 0.6 is 0 Å². The summed E-state index contributed by atoms with van der Waals surface area (Å²) in [6.45, 7) is 6.84. The molecule has 0 aromatic rings. The lowest BCUT2D eigenvalue weighted by atomic mass is 9.93. The molecule has 1 heterocycles. The van der Waals surface area contributed by atoms with E-state index in [2.05, 4.69) is 20.8 Å². The smallest absolute Gasteiger partial charge is 0.0844 e. The lowest BCUT2D eigenvalue weighted by Crippen LogP contribution is -2.05. The van der Waals surface area contributed by atoms with Gasteiger partial charge in [-0.25, -0.2) is 0 Å². The van der Waals surface area contributed by atoms with Crippen molar-refractivity contribution in [3.63, 3.8) is 0 Å². The van der Waals surface area contributed by atoms with Crippen LogP contribution in [0.5, 0.6) is 0 Å². The normalized spacial score (nSPS) is 27.6. The van der Waals surface area contributed by atoms with Gasteiger partial charge in [0.1, 0.15) is 0 Å². The highest BCUT2D eigenvalue weighted by molar-refractivity contribution is 4.85. The first-order valence-corrected chi connectivity index (χ1v) is 6.47. The Bertz CT molecular complexity index is 144. The van der Waals surface area contributed by atoms with Crippen LogP contribution in [0.4, 0.5) is 0 Å². The minimum Gasteiger partial charge on any atom is -0.370 e. The molecular formula is C13H26O. The highest BCUT2D eigenvalue weighted by atomic mass is 16.6. The van der Waals surface area contributed by atoms with Gasteiger partial charge in [-0.15, -0.1) is 0 Å². The molecule has 0 aromatic heterocycles. The average Bonchev–Trinajstić information content (AvgIpc) is 2.91. The van der Waals surface area contributed by atoms with Crippen molar-refractivity contribution in [3.8, 4) is 0 Å². The molecule has 0 bridgehead atoms. The Morgan fingerprint density at radius 2 is 1.86 bits per heavy atom. The second-order valence-electron chi connectivity index (χ2n) is 4.65. The second kappa shape index (κ2) is 6.44. The highest BCUT2D eigenvalue weighted by Gasteiger charge is 2.38. The Labute approximate surface area is 89.2 Å². The maximum atomic E-state index is 5.67. The van der Waals surface area contributed by atoms with Gasteiger partial charge in [-0.1, -0.05) is 52.9 Å². The van der Waals surface area contributed by atoms with E-state index in [0.29, 0.717) is 12.2 Å². The predicted octanol–water partition coefficient (Wildman–Crippen LogP) is 4.16. The van der Waals surface area contributed by atoms with Gasteiger partial charge in [0, 0.05) is 0 Å². The molecule has 1 fully saturated rings. The first kappa shape index (κ1) is 12.0. The average molecular weight is 198 g/mol. The molecule has 1 heteroatoms. The van der Waals surface area contributed by atoms with Crippen LogP contribution in [0.15, 0.2) is 0 Å². The summed E-state index contributed by atoms with van der Waals surface area (Å²) >= 11 is 0. The summed E-state index contributed by atoms with van der Waals surface area (Å²) in [5, 5.41) is 0. The molecule has 3 atom stereocenters. The van der Waals surface area contributed by atoms with E-state index in [9.17, 15) is 0 Å². The molecule has 0 saturated carbocycles. The van der Waals surface area contributed by atoms with Gasteiger partial charge in [0.25, 0.3) is 0 Å². The molecule has 1 rings (SSSR count). The van der Waals surface area contributed by atoms with Crippen LogP contribution in [0, 0.1) is 5.92 Å². The van der Waals surface area contributed by atoms with Crippen LogP contribution in [0.3, 0.4) is 0 Å². The second-order valence-corrected chi connectivity index (χ2v) is 4.65. The highest BCUT2D eigenvalue weighted by Crippen LogP contribution is 2.34. The molecular weight excluding hydrogens is 172 g/mol. The first-order valence-electron chi connectivity index (χ1n) is 6.47. The molecule has 1 aliphatic rings. The Kier molecular flexibility index (Phi) is 5.54. The topological polar surface area (TPSA) is 12.5 Å². The molecule has 0 aliphatic carbocycles. The number of hydrogen-bond acceptors (Lipinski definition) is 1. The largest absolute Gasteiger partial charge is 0.370 e. The first-order chi connectivity index (χ1) is 6.81. The number of unbranched alkanes of at least 4 members (excludes halogenated alkanes) is 1. The molecule has 1 saturated heterocycles. The van der Waals surface area contributed by atoms with Gasteiger partial charge >= 0.3 is 0 Å². The fraction of sp³-hybridized carbons (Fsp3) is 1.00. The van der Waals surface area contributed by atoms with Crippen molar-refractivity contribution in [2.24, 2.45) is 5.92 Å². The Hall–Kier alpha value is -0.0400. The molecule has 0 radical (unpaired) electrons. The zero-order valence-corrected chi connectivity index (χ0v) is 10.1. The van der Waals surface area contributed by atoms with E-state index in [-0.39, 0.29) is 0 Å². The van der Waals surface area contributed by atoms with Crippen molar-refractivity contribution < 1.29 is 4.74 Å². The summed E-state index contributed by atoms with van der Waals surface area (Å²) in [4.78, 5) is 0. The maximum absolute atomic E-state index is 5.67. The van der Waals surface area contributed by atoms with Crippen molar-refractivity contribution >= 4 is 0 Å². The van der Waals surface area contributed by atoms with Crippen LogP contribution in [0.2, 0.25) is 0 Å². The fourth-order valence-corrected chi connectivity index (χ4v) is 2.23.